The van der Waals surface area contributed by atoms with Crippen LogP contribution in [0.4, 0.5) is 4.79 Å². The Morgan fingerprint density at radius 1 is 1.19 bits per heavy atom. The van der Waals surface area contributed by atoms with E-state index >= 15 is 0 Å². The van der Waals surface area contributed by atoms with Crippen molar-refractivity contribution in [3.63, 3.8) is 0 Å². The van der Waals surface area contributed by atoms with Crippen molar-refractivity contribution in [3.05, 3.63) is 35.9 Å². The molecule has 144 valence electrons. The van der Waals surface area contributed by atoms with Crippen molar-refractivity contribution in [3.8, 4) is 0 Å². The first-order valence-electron chi connectivity index (χ1n) is 9.34. The molecule has 0 aliphatic heterocycles. The van der Waals surface area contributed by atoms with E-state index in [0.29, 0.717) is 32.5 Å². The maximum atomic E-state index is 13.1. The van der Waals surface area contributed by atoms with E-state index in [1.165, 1.54) is 0 Å². The van der Waals surface area contributed by atoms with Crippen LogP contribution in [0.25, 0.3) is 0 Å². The molecule has 1 saturated carbocycles. The number of urea groups is 1. The summed E-state index contributed by atoms with van der Waals surface area (Å²) in [7, 11) is 1.80. The van der Waals surface area contributed by atoms with Crippen molar-refractivity contribution in [1.29, 1.82) is 0 Å². The second kappa shape index (κ2) is 8.54. The number of carbonyl (C=O) groups is 2. The lowest BCUT2D eigenvalue weighted by atomic mass is 9.90. The standard InChI is InChI=1S/C20H32N4O2/c1-19(2,14-21)15-24(3)17(25)20(11-7-8-12-20)23-18(26)22-13-16-9-5-4-6-10-16/h4-6,9-10H,7-8,11-15,21H2,1-3H3,(H2,22,23,26). The van der Waals surface area contributed by atoms with Gasteiger partial charge >= 0.3 is 6.03 Å². The van der Waals surface area contributed by atoms with Gasteiger partial charge in [-0.05, 0) is 30.4 Å². The van der Waals surface area contributed by atoms with Gasteiger partial charge in [-0.2, -0.15) is 0 Å². The number of rotatable bonds is 7. The normalized spacial score (nSPS) is 16.2. The van der Waals surface area contributed by atoms with Gasteiger partial charge in [-0.15, -0.1) is 0 Å². The lowest BCUT2D eigenvalue weighted by Crippen LogP contribution is -2.60. The Hall–Kier alpha value is -2.08. The van der Waals surface area contributed by atoms with Crippen molar-refractivity contribution in [2.45, 2.75) is 51.6 Å². The van der Waals surface area contributed by atoms with E-state index in [0.717, 1.165) is 18.4 Å². The average Bonchev–Trinajstić information content (AvgIpc) is 3.09. The smallest absolute Gasteiger partial charge is 0.315 e. The van der Waals surface area contributed by atoms with Crippen LogP contribution >= 0.6 is 0 Å². The molecule has 0 bridgehead atoms. The molecule has 0 saturated heterocycles. The number of amides is 3. The predicted octanol–water partition coefficient (Wildman–Crippen LogP) is 2.24. The highest BCUT2D eigenvalue weighted by atomic mass is 16.2. The van der Waals surface area contributed by atoms with Gasteiger partial charge in [0.25, 0.3) is 0 Å². The highest BCUT2D eigenvalue weighted by Crippen LogP contribution is 2.32. The van der Waals surface area contributed by atoms with E-state index in [4.69, 9.17) is 5.73 Å². The van der Waals surface area contributed by atoms with E-state index in [1.54, 1.807) is 11.9 Å². The third kappa shape index (κ3) is 5.21. The van der Waals surface area contributed by atoms with Crippen molar-refractivity contribution in [2.75, 3.05) is 20.1 Å². The Bertz CT molecular complexity index is 609. The first-order valence-corrected chi connectivity index (χ1v) is 9.34. The van der Waals surface area contributed by atoms with Gasteiger partial charge in [-0.25, -0.2) is 4.79 Å². The maximum absolute atomic E-state index is 13.1. The lowest BCUT2D eigenvalue weighted by molar-refractivity contribution is -0.137. The summed E-state index contributed by atoms with van der Waals surface area (Å²) < 4.78 is 0. The summed E-state index contributed by atoms with van der Waals surface area (Å²) in [5.41, 5.74) is 5.86. The number of benzene rings is 1. The number of nitrogens with zero attached hydrogens (tertiary/aromatic N) is 1. The molecule has 0 atom stereocenters. The van der Waals surface area contributed by atoms with Gasteiger partial charge in [0.2, 0.25) is 5.91 Å². The van der Waals surface area contributed by atoms with Gasteiger partial charge in [0.1, 0.15) is 5.54 Å². The molecule has 0 radical (unpaired) electrons. The van der Waals surface area contributed by atoms with Crippen LogP contribution in [0.5, 0.6) is 0 Å². The first kappa shape index (κ1) is 20.2. The summed E-state index contributed by atoms with van der Waals surface area (Å²) in [5.74, 6) is -0.0219. The molecule has 0 unspecified atom stereocenters. The number of hydrogen-bond acceptors (Lipinski definition) is 3. The van der Waals surface area contributed by atoms with Crippen LogP contribution in [-0.2, 0) is 11.3 Å². The molecule has 26 heavy (non-hydrogen) atoms. The number of likely N-dealkylation sites (N-methyl/N-ethyl adjacent to an activating group) is 1. The molecule has 1 aliphatic rings. The summed E-state index contributed by atoms with van der Waals surface area (Å²) in [6.07, 6.45) is 3.24. The summed E-state index contributed by atoms with van der Waals surface area (Å²) in [4.78, 5) is 27.3. The Morgan fingerprint density at radius 3 is 2.38 bits per heavy atom. The third-order valence-electron chi connectivity index (χ3n) is 5.08. The van der Waals surface area contributed by atoms with Crippen LogP contribution in [0.15, 0.2) is 30.3 Å². The molecule has 4 N–H and O–H groups in total. The number of nitrogens with one attached hydrogen (secondary N) is 2. The quantitative estimate of drug-likeness (QED) is 0.697. The van der Waals surface area contributed by atoms with Gasteiger partial charge in [0.05, 0.1) is 0 Å². The molecule has 1 aromatic carbocycles. The molecule has 6 nitrogen and oxygen atoms in total. The third-order valence-corrected chi connectivity index (χ3v) is 5.08. The minimum Gasteiger partial charge on any atom is -0.343 e. The van der Waals surface area contributed by atoms with Crippen LogP contribution in [-0.4, -0.2) is 42.5 Å². The van der Waals surface area contributed by atoms with Crippen molar-refractivity contribution < 1.29 is 9.59 Å². The fourth-order valence-electron chi connectivity index (χ4n) is 3.55. The van der Waals surface area contributed by atoms with E-state index in [-0.39, 0.29) is 17.4 Å². The Kier molecular flexibility index (Phi) is 6.64. The molecule has 2 rings (SSSR count). The van der Waals surface area contributed by atoms with Gasteiger partial charge in [-0.1, -0.05) is 57.0 Å². The van der Waals surface area contributed by atoms with Crippen molar-refractivity contribution in [1.82, 2.24) is 15.5 Å². The van der Waals surface area contributed by atoms with Crippen molar-refractivity contribution in [2.24, 2.45) is 11.1 Å². The van der Waals surface area contributed by atoms with Gasteiger partial charge < -0.3 is 21.3 Å². The Morgan fingerprint density at radius 2 is 1.81 bits per heavy atom. The van der Waals surface area contributed by atoms with Crippen LogP contribution in [0.2, 0.25) is 0 Å². The zero-order valence-corrected chi connectivity index (χ0v) is 16.2. The van der Waals surface area contributed by atoms with Crippen molar-refractivity contribution >= 4 is 11.9 Å². The maximum Gasteiger partial charge on any atom is 0.315 e. The van der Waals surface area contributed by atoms with Gasteiger partial charge in [0.15, 0.2) is 0 Å². The summed E-state index contributed by atoms with van der Waals surface area (Å²) in [6, 6.07) is 9.43. The highest BCUT2D eigenvalue weighted by molar-refractivity contribution is 5.91. The molecule has 3 amide bonds. The summed E-state index contributed by atoms with van der Waals surface area (Å²) in [5, 5.41) is 5.84. The average molecular weight is 361 g/mol. The topological polar surface area (TPSA) is 87.5 Å². The Balaban J connectivity index is 1.99. The lowest BCUT2D eigenvalue weighted by Gasteiger charge is -2.36. The number of nitrogens with two attached hydrogens (primary N) is 1. The first-order chi connectivity index (χ1) is 12.3. The number of carbonyl (C=O) groups excluding carboxylic acids is 2. The Labute approximate surface area is 156 Å². The van der Waals surface area contributed by atoms with Crippen LogP contribution in [0.1, 0.15) is 45.1 Å². The molecule has 0 aromatic heterocycles. The van der Waals surface area contributed by atoms with E-state index in [1.807, 2.05) is 44.2 Å². The fraction of sp³-hybridized carbons (Fsp3) is 0.600. The zero-order chi connectivity index (χ0) is 19.2. The number of hydrogen-bond donors (Lipinski definition) is 3. The van der Waals surface area contributed by atoms with E-state index < -0.39 is 5.54 Å². The monoisotopic (exact) mass is 360 g/mol. The van der Waals surface area contributed by atoms with Gasteiger partial charge in [-0.3, -0.25) is 4.79 Å². The SMILES string of the molecule is CN(CC(C)(C)CN)C(=O)C1(NC(=O)NCc2ccccc2)CCCC1. The second-order valence-electron chi connectivity index (χ2n) is 8.11. The highest BCUT2D eigenvalue weighted by Gasteiger charge is 2.44. The van der Waals surface area contributed by atoms with Crippen LogP contribution in [0, 0.1) is 5.41 Å². The predicted molar refractivity (Wildman–Crippen MR) is 103 cm³/mol. The minimum absolute atomic E-state index is 0.0219. The van der Waals surface area contributed by atoms with Gasteiger partial charge in [0, 0.05) is 20.1 Å². The zero-order valence-electron chi connectivity index (χ0n) is 16.2. The molecule has 1 aliphatic carbocycles. The largest absolute Gasteiger partial charge is 0.343 e. The molecular weight excluding hydrogens is 328 g/mol. The van der Waals surface area contributed by atoms with E-state index in [9.17, 15) is 9.59 Å². The van der Waals surface area contributed by atoms with E-state index in [2.05, 4.69) is 10.6 Å². The fourth-order valence-corrected chi connectivity index (χ4v) is 3.55. The molecule has 0 spiro atoms. The molecule has 0 heterocycles. The molecule has 1 aromatic rings. The molecule has 6 heteroatoms. The van der Waals surface area contributed by atoms with Crippen LogP contribution in [0.3, 0.4) is 0 Å². The summed E-state index contributed by atoms with van der Waals surface area (Å²) in [6.45, 7) is 5.59. The van der Waals surface area contributed by atoms with Crippen LogP contribution < -0.4 is 16.4 Å². The summed E-state index contributed by atoms with van der Waals surface area (Å²) >= 11 is 0. The minimum atomic E-state index is -0.805. The second-order valence-corrected chi connectivity index (χ2v) is 8.11. The molecular formula is C20H32N4O2. The molecule has 1 fully saturated rings.